The second-order valence-corrected chi connectivity index (χ2v) is 20.2. The van der Waals surface area contributed by atoms with Crippen LogP contribution in [0.2, 0.25) is 5.04 Å². The van der Waals surface area contributed by atoms with E-state index in [1.807, 2.05) is 12.1 Å². The number of ether oxygens (including phenoxy) is 2. The predicted molar refractivity (Wildman–Crippen MR) is 232 cm³/mol. The Morgan fingerprint density at radius 3 is 1.70 bits per heavy atom. The molecule has 0 bridgehead atoms. The first-order chi connectivity index (χ1) is 25.9. The van der Waals surface area contributed by atoms with Gasteiger partial charge in [-0.25, -0.2) is 0 Å². The average Bonchev–Trinajstić information content (AvgIpc) is 3.17. The molecule has 0 aliphatic heterocycles. The van der Waals surface area contributed by atoms with Crippen molar-refractivity contribution >= 4 is 18.7 Å². The molecule has 3 nitrogen and oxygen atoms in total. The molecule has 3 rings (SSSR count). The fraction of sp³-hybridized carbons (Fsp3) is 0.551. The summed E-state index contributed by atoms with van der Waals surface area (Å²) in [6, 6.07) is 30.4. The van der Waals surface area contributed by atoms with Crippen molar-refractivity contribution in [3.05, 3.63) is 115 Å². The normalized spacial score (nSPS) is 12.9. The molecule has 0 fully saturated rings. The molecule has 0 aliphatic rings. The third-order valence-electron chi connectivity index (χ3n) is 10.7. The van der Waals surface area contributed by atoms with Crippen molar-refractivity contribution in [2.75, 3.05) is 20.3 Å². The molecular formula is C49H74O3Si. The van der Waals surface area contributed by atoms with Gasteiger partial charge in [-0.3, -0.25) is 0 Å². The summed E-state index contributed by atoms with van der Waals surface area (Å²) in [5, 5.41) is 2.73. The number of hydrogen-bond donors (Lipinski definition) is 0. The molecule has 3 aromatic carbocycles. The summed E-state index contributed by atoms with van der Waals surface area (Å²) in [6.07, 6.45) is 31.0. The van der Waals surface area contributed by atoms with Crippen LogP contribution in [-0.2, 0) is 15.8 Å². The molecule has 0 spiro atoms. The summed E-state index contributed by atoms with van der Waals surface area (Å²) in [5.74, 6) is 1.53. The van der Waals surface area contributed by atoms with Crippen molar-refractivity contribution in [1.82, 2.24) is 0 Å². The summed E-state index contributed by atoms with van der Waals surface area (Å²) >= 11 is 0. The molecule has 0 aromatic heterocycles. The van der Waals surface area contributed by atoms with Gasteiger partial charge in [0.25, 0.3) is 8.32 Å². The Bertz CT molecular complexity index is 1320. The number of benzene rings is 3. The molecule has 0 aliphatic carbocycles. The highest BCUT2D eigenvalue weighted by atomic mass is 28.4. The minimum absolute atomic E-state index is 0.00167. The van der Waals surface area contributed by atoms with Crippen molar-refractivity contribution in [2.24, 2.45) is 5.92 Å². The molecule has 0 N–H and O–H groups in total. The van der Waals surface area contributed by atoms with Gasteiger partial charge in [0.1, 0.15) is 5.75 Å². The van der Waals surface area contributed by atoms with Crippen LogP contribution >= 0.6 is 0 Å². The summed E-state index contributed by atoms with van der Waals surface area (Å²) in [6.45, 7) is 11.6. The summed E-state index contributed by atoms with van der Waals surface area (Å²) < 4.78 is 18.8. The van der Waals surface area contributed by atoms with E-state index in [-0.39, 0.29) is 5.04 Å². The van der Waals surface area contributed by atoms with Crippen LogP contribution in [0.5, 0.6) is 5.75 Å². The smallest absolute Gasteiger partial charge is 0.261 e. The lowest BCUT2D eigenvalue weighted by Gasteiger charge is -2.43. The molecule has 0 saturated carbocycles. The van der Waals surface area contributed by atoms with E-state index < -0.39 is 8.32 Å². The highest BCUT2D eigenvalue weighted by Gasteiger charge is 2.50. The highest BCUT2D eigenvalue weighted by Crippen LogP contribution is 2.37. The zero-order chi connectivity index (χ0) is 37.9. The monoisotopic (exact) mass is 739 g/mol. The van der Waals surface area contributed by atoms with Gasteiger partial charge in [0.05, 0.1) is 13.7 Å². The van der Waals surface area contributed by atoms with Gasteiger partial charge in [-0.15, -0.1) is 0 Å². The standard InChI is InChI=1S/C49H74O3Si/c1-6-7-8-9-10-11-12-13-14-15-16-17-18-19-20-21-24-30-44(31-29-41-51-43-45-36-38-46(50-5)39-37-45)40-42-52-53(49(2,3)4,47-32-25-22-26-33-47)48-34-27-23-28-35-48/h10-11,13-14,22-23,25-28,32-39,44H,6-9,12,15-21,24,29-31,40-43H2,1-5H3/b11-10-,14-13-. The van der Waals surface area contributed by atoms with Crippen LogP contribution in [0.1, 0.15) is 142 Å². The zero-order valence-corrected chi connectivity index (χ0v) is 35.3. The fourth-order valence-electron chi connectivity index (χ4n) is 7.56. The van der Waals surface area contributed by atoms with Crippen molar-refractivity contribution in [2.45, 2.75) is 148 Å². The van der Waals surface area contributed by atoms with Crippen LogP contribution in [0.4, 0.5) is 0 Å². The maximum Gasteiger partial charge on any atom is 0.261 e. The zero-order valence-electron chi connectivity index (χ0n) is 34.3. The number of allylic oxidation sites excluding steroid dienone is 4. The molecule has 4 heteroatoms. The van der Waals surface area contributed by atoms with Crippen LogP contribution in [0, 0.1) is 5.92 Å². The molecule has 292 valence electrons. The quantitative estimate of drug-likeness (QED) is 0.0403. The Hall–Kier alpha value is -2.92. The number of hydrogen-bond acceptors (Lipinski definition) is 3. The highest BCUT2D eigenvalue weighted by molar-refractivity contribution is 6.99. The number of methoxy groups -OCH3 is 1. The number of unbranched alkanes of at least 4 members (excludes halogenated alkanes) is 10. The third-order valence-corrected chi connectivity index (χ3v) is 15.7. The maximum absolute atomic E-state index is 7.33. The van der Waals surface area contributed by atoms with Crippen LogP contribution in [0.25, 0.3) is 0 Å². The summed E-state index contributed by atoms with van der Waals surface area (Å²) in [7, 11) is -0.816. The topological polar surface area (TPSA) is 27.7 Å². The second kappa shape index (κ2) is 26.8. The molecule has 3 aromatic rings. The maximum atomic E-state index is 7.33. The predicted octanol–water partition coefficient (Wildman–Crippen LogP) is 13.2. The van der Waals surface area contributed by atoms with Gasteiger partial charge in [-0.2, -0.15) is 0 Å². The van der Waals surface area contributed by atoms with Gasteiger partial charge < -0.3 is 13.9 Å². The van der Waals surface area contributed by atoms with E-state index in [1.165, 1.54) is 106 Å². The molecule has 0 radical (unpaired) electrons. The van der Waals surface area contributed by atoms with E-state index >= 15 is 0 Å². The van der Waals surface area contributed by atoms with Gasteiger partial charge >= 0.3 is 0 Å². The fourth-order valence-corrected chi connectivity index (χ4v) is 12.1. The third kappa shape index (κ3) is 17.0. The molecule has 0 saturated heterocycles. The first kappa shape index (κ1) is 44.5. The van der Waals surface area contributed by atoms with Crippen molar-refractivity contribution in [3.8, 4) is 5.75 Å². The van der Waals surface area contributed by atoms with Crippen LogP contribution < -0.4 is 15.1 Å². The Balaban J connectivity index is 1.47. The lowest BCUT2D eigenvalue weighted by molar-refractivity contribution is 0.111. The second-order valence-electron chi connectivity index (χ2n) is 15.9. The largest absolute Gasteiger partial charge is 0.497 e. The van der Waals surface area contributed by atoms with Crippen LogP contribution in [-0.4, -0.2) is 28.6 Å². The Morgan fingerprint density at radius 2 is 1.13 bits per heavy atom. The molecule has 0 heterocycles. The van der Waals surface area contributed by atoms with Crippen molar-refractivity contribution in [1.29, 1.82) is 0 Å². The molecule has 0 amide bonds. The molecular weight excluding hydrogens is 665 g/mol. The van der Waals surface area contributed by atoms with Gasteiger partial charge in [0, 0.05) is 13.2 Å². The lowest BCUT2D eigenvalue weighted by atomic mass is 9.93. The van der Waals surface area contributed by atoms with Crippen molar-refractivity contribution < 1.29 is 13.9 Å². The molecule has 1 unspecified atom stereocenters. The van der Waals surface area contributed by atoms with Gasteiger partial charge in [0.15, 0.2) is 0 Å². The molecule has 53 heavy (non-hydrogen) atoms. The SMILES string of the molecule is CCCCC/C=C\C/C=C\CCCCCCCCCC(CCCOCc1ccc(OC)cc1)CCO[Si](c1ccccc1)(c1ccccc1)C(C)(C)C. The van der Waals surface area contributed by atoms with E-state index in [1.54, 1.807) is 7.11 Å². The minimum Gasteiger partial charge on any atom is -0.497 e. The van der Waals surface area contributed by atoms with E-state index in [0.717, 1.165) is 38.2 Å². The molecule has 1 atom stereocenters. The first-order valence-corrected chi connectivity index (χ1v) is 23.1. The Morgan fingerprint density at radius 1 is 0.585 bits per heavy atom. The minimum atomic E-state index is -2.52. The van der Waals surface area contributed by atoms with Gasteiger partial charge in [0.2, 0.25) is 0 Å². The van der Waals surface area contributed by atoms with Crippen molar-refractivity contribution in [3.63, 3.8) is 0 Å². The Kier molecular flexibility index (Phi) is 22.5. The van der Waals surface area contributed by atoms with Crippen LogP contribution in [0.3, 0.4) is 0 Å². The summed E-state index contributed by atoms with van der Waals surface area (Å²) in [5.41, 5.74) is 1.19. The lowest BCUT2D eigenvalue weighted by Crippen LogP contribution is -2.66. The first-order valence-electron chi connectivity index (χ1n) is 21.2. The van der Waals surface area contributed by atoms with Gasteiger partial charge in [-0.05, 0) is 90.4 Å². The Labute approximate surface area is 326 Å². The number of rotatable bonds is 29. The van der Waals surface area contributed by atoms with E-state index in [4.69, 9.17) is 13.9 Å². The van der Waals surface area contributed by atoms with E-state index in [2.05, 4.69) is 125 Å². The van der Waals surface area contributed by atoms with E-state index in [0.29, 0.717) is 12.5 Å². The van der Waals surface area contributed by atoms with E-state index in [9.17, 15) is 0 Å². The average molecular weight is 739 g/mol. The van der Waals surface area contributed by atoms with Crippen LogP contribution in [0.15, 0.2) is 109 Å². The summed E-state index contributed by atoms with van der Waals surface area (Å²) in [4.78, 5) is 0. The van der Waals surface area contributed by atoms with Gasteiger partial charge in [-0.1, -0.05) is 183 Å².